The van der Waals surface area contributed by atoms with Crippen LogP contribution in [0, 0.1) is 0 Å². The molecule has 4 N–H and O–H groups in total. The second-order valence-electron chi connectivity index (χ2n) is 9.34. The van der Waals surface area contributed by atoms with Crippen molar-refractivity contribution >= 4 is 31.3 Å². The number of halogens is 2. The van der Waals surface area contributed by atoms with Gasteiger partial charge in [-0.05, 0) is 52.0 Å². The van der Waals surface area contributed by atoms with E-state index in [0.717, 1.165) is 26.1 Å². The third-order valence-corrected chi connectivity index (χ3v) is 7.23. The van der Waals surface area contributed by atoms with Crippen LogP contribution in [0.25, 0.3) is 0 Å². The Morgan fingerprint density at radius 3 is 2.32 bits per heavy atom. The standard InChI is InChI=1S/C24H32ClFN3O11P/c1-13(2)38-21(32)14(3)28-41(36,40-17-8-6-16(25)7-9-17)37-12-18(26)20(39-15(4)30)24(5,35)22(33)29-11-10-19(31)27-23(29)34/h6-11,13-14,18,20,22,33,35H,12H2,1-5H3,(H,28,36)(H,27,31,34)/t14-,18-,20+,22+,24+,41?/m0/s1. The molecular formula is C24H32ClFN3O11P. The number of benzene rings is 1. The summed E-state index contributed by atoms with van der Waals surface area (Å²) < 4.78 is 50.4. The molecule has 228 valence electrons. The highest BCUT2D eigenvalue weighted by Crippen LogP contribution is 2.46. The molecule has 0 saturated carbocycles. The lowest BCUT2D eigenvalue weighted by Crippen LogP contribution is -2.56. The van der Waals surface area contributed by atoms with E-state index < -0.39 is 73.8 Å². The molecule has 1 unspecified atom stereocenters. The van der Waals surface area contributed by atoms with Crippen LogP contribution in [0.2, 0.25) is 5.02 Å². The van der Waals surface area contributed by atoms with Crippen molar-refractivity contribution in [2.24, 2.45) is 0 Å². The number of rotatable bonds is 14. The monoisotopic (exact) mass is 623 g/mol. The van der Waals surface area contributed by atoms with E-state index in [9.17, 15) is 34.0 Å². The van der Waals surface area contributed by atoms with Crippen LogP contribution in [0.1, 0.15) is 40.8 Å². The molecule has 17 heteroatoms. The van der Waals surface area contributed by atoms with Gasteiger partial charge in [0, 0.05) is 24.2 Å². The van der Waals surface area contributed by atoms with Crippen LogP contribution >= 0.6 is 19.3 Å². The van der Waals surface area contributed by atoms with E-state index in [0.29, 0.717) is 9.59 Å². The summed E-state index contributed by atoms with van der Waals surface area (Å²) in [6, 6.07) is 5.06. The first-order chi connectivity index (χ1) is 18.9. The van der Waals surface area contributed by atoms with Crippen molar-refractivity contribution in [1.29, 1.82) is 0 Å². The largest absolute Gasteiger partial charge is 0.462 e. The second kappa shape index (κ2) is 14.2. The molecule has 1 aromatic heterocycles. The molecule has 1 heterocycles. The number of aliphatic hydroxyl groups excluding tert-OH is 1. The first-order valence-corrected chi connectivity index (χ1v) is 14.1. The summed E-state index contributed by atoms with van der Waals surface area (Å²) in [4.78, 5) is 49.4. The number of aromatic amines is 1. The van der Waals surface area contributed by atoms with Crippen molar-refractivity contribution in [3.05, 3.63) is 62.4 Å². The van der Waals surface area contributed by atoms with Crippen LogP contribution in [0.3, 0.4) is 0 Å². The lowest BCUT2D eigenvalue weighted by molar-refractivity contribution is -0.205. The molecule has 0 saturated heterocycles. The fraction of sp³-hybridized carbons (Fsp3) is 0.500. The van der Waals surface area contributed by atoms with E-state index >= 15 is 4.39 Å². The predicted molar refractivity (Wildman–Crippen MR) is 143 cm³/mol. The quantitative estimate of drug-likeness (QED) is 0.176. The summed E-state index contributed by atoms with van der Waals surface area (Å²) in [6.45, 7) is 5.06. The molecule has 2 aromatic rings. The van der Waals surface area contributed by atoms with Gasteiger partial charge in [0.1, 0.15) is 17.4 Å². The summed E-state index contributed by atoms with van der Waals surface area (Å²) >= 11 is 5.86. The second-order valence-corrected chi connectivity index (χ2v) is 11.5. The Bertz CT molecular complexity index is 1370. The molecule has 0 radical (unpaired) electrons. The number of aromatic nitrogens is 2. The van der Waals surface area contributed by atoms with Gasteiger partial charge < -0.3 is 24.2 Å². The lowest BCUT2D eigenvalue weighted by Gasteiger charge is -2.37. The molecule has 0 spiro atoms. The Morgan fingerprint density at radius 1 is 1.17 bits per heavy atom. The van der Waals surface area contributed by atoms with Crippen molar-refractivity contribution in [2.45, 2.75) is 70.9 Å². The van der Waals surface area contributed by atoms with E-state index in [-0.39, 0.29) is 5.75 Å². The van der Waals surface area contributed by atoms with Gasteiger partial charge in [-0.2, -0.15) is 5.09 Å². The highest BCUT2D eigenvalue weighted by atomic mass is 35.5. The van der Waals surface area contributed by atoms with Crippen molar-refractivity contribution in [3.63, 3.8) is 0 Å². The third-order valence-electron chi connectivity index (χ3n) is 5.33. The van der Waals surface area contributed by atoms with Gasteiger partial charge in [-0.1, -0.05) is 11.6 Å². The van der Waals surface area contributed by atoms with Gasteiger partial charge in [0.25, 0.3) is 5.56 Å². The van der Waals surface area contributed by atoms with Gasteiger partial charge in [-0.25, -0.2) is 13.8 Å². The maximum atomic E-state index is 15.6. The van der Waals surface area contributed by atoms with E-state index in [2.05, 4.69) is 5.09 Å². The zero-order valence-corrected chi connectivity index (χ0v) is 24.4. The van der Waals surface area contributed by atoms with E-state index in [1.54, 1.807) is 13.8 Å². The summed E-state index contributed by atoms with van der Waals surface area (Å²) in [5, 5.41) is 24.4. The van der Waals surface area contributed by atoms with Crippen molar-refractivity contribution < 1.29 is 47.3 Å². The summed E-state index contributed by atoms with van der Waals surface area (Å²) in [7, 11) is -4.60. The van der Waals surface area contributed by atoms with Crippen LogP contribution in [0.4, 0.5) is 4.39 Å². The number of hydrogen-bond donors (Lipinski definition) is 4. The van der Waals surface area contributed by atoms with Crippen molar-refractivity contribution in [1.82, 2.24) is 14.6 Å². The number of ether oxygens (including phenoxy) is 2. The maximum Gasteiger partial charge on any atom is 0.459 e. The van der Waals surface area contributed by atoms with Gasteiger partial charge in [-0.15, -0.1) is 0 Å². The summed E-state index contributed by atoms with van der Waals surface area (Å²) in [6.07, 6.45) is -6.61. The number of hydrogen-bond acceptors (Lipinski definition) is 11. The fourth-order valence-electron chi connectivity index (χ4n) is 3.39. The summed E-state index contributed by atoms with van der Waals surface area (Å²) in [5.74, 6) is -1.94. The molecule has 0 aliphatic carbocycles. The number of aliphatic hydroxyl groups is 2. The molecule has 0 fully saturated rings. The topological polar surface area (TPSA) is 195 Å². The number of nitrogens with zero attached hydrogens (tertiary/aromatic N) is 1. The van der Waals surface area contributed by atoms with Crippen LogP contribution in [-0.2, 0) is 28.2 Å². The average molecular weight is 624 g/mol. The zero-order chi connectivity index (χ0) is 31.1. The Labute approximate surface area is 238 Å². The molecule has 1 aromatic carbocycles. The average Bonchev–Trinajstić information content (AvgIpc) is 2.86. The third kappa shape index (κ3) is 9.76. The maximum absolute atomic E-state index is 15.6. The van der Waals surface area contributed by atoms with Crippen LogP contribution < -0.4 is 20.9 Å². The molecule has 0 bridgehead atoms. The molecule has 14 nitrogen and oxygen atoms in total. The predicted octanol–water partition coefficient (Wildman–Crippen LogP) is 1.84. The van der Waals surface area contributed by atoms with Crippen LogP contribution in [0.5, 0.6) is 5.75 Å². The number of carbonyl (C=O) groups is 2. The van der Waals surface area contributed by atoms with Gasteiger partial charge in [0.2, 0.25) is 0 Å². The Balaban J connectivity index is 2.35. The fourth-order valence-corrected chi connectivity index (χ4v) is 5.02. The highest BCUT2D eigenvalue weighted by molar-refractivity contribution is 7.52. The SMILES string of the molecule is CC(=O)O[C@H]([C@@H](F)COP(=O)(N[C@@H](C)C(=O)OC(C)C)Oc1ccc(Cl)cc1)[C@@](C)(O)[C@@H](O)n1ccc(=O)[nH]c1=O. The Kier molecular flexibility index (Phi) is 11.8. The van der Waals surface area contributed by atoms with Crippen molar-refractivity contribution in [2.75, 3.05) is 6.61 Å². The molecule has 6 atom stereocenters. The van der Waals surface area contributed by atoms with Crippen LogP contribution in [0.15, 0.2) is 46.1 Å². The van der Waals surface area contributed by atoms with Crippen LogP contribution in [-0.4, -0.2) is 68.3 Å². The number of esters is 2. The molecule has 0 aliphatic rings. The zero-order valence-electron chi connectivity index (χ0n) is 22.8. The molecular weight excluding hydrogens is 592 g/mol. The molecule has 41 heavy (non-hydrogen) atoms. The number of carbonyl (C=O) groups excluding carboxylic acids is 2. The van der Waals surface area contributed by atoms with E-state index in [4.69, 9.17) is 30.1 Å². The summed E-state index contributed by atoms with van der Waals surface area (Å²) in [5.41, 5.74) is -4.66. The van der Waals surface area contributed by atoms with E-state index in [1.807, 2.05) is 4.98 Å². The lowest BCUT2D eigenvalue weighted by atomic mass is 9.93. The Morgan fingerprint density at radius 2 is 1.78 bits per heavy atom. The highest BCUT2D eigenvalue weighted by Gasteiger charge is 2.48. The minimum absolute atomic E-state index is 0.0403. The van der Waals surface area contributed by atoms with Crippen molar-refractivity contribution in [3.8, 4) is 5.75 Å². The minimum Gasteiger partial charge on any atom is -0.462 e. The van der Waals surface area contributed by atoms with Gasteiger partial charge in [0.05, 0.1) is 12.7 Å². The number of nitrogens with one attached hydrogen (secondary N) is 2. The molecule has 2 rings (SSSR count). The number of alkyl halides is 1. The van der Waals surface area contributed by atoms with E-state index in [1.165, 1.54) is 31.2 Å². The van der Waals surface area contributed by atoms with Gasteiger partial charge in [-0.3, -0.25) is 28.5 Å². The Hall–Kier alpha value is -3.07. The first kappa shape index (κ1) is 34.1. The number of H-pyrrole nitrogens is 1. The minimum atomic E-state index is -4.60. The first-order valence-electron chi connectivity index (χ1n) is 12.2. The smallest absolute Gasteiger partial charge is 0.459 e. The van der Waals surface area contributed by atoms with Gasteiger partial charge >= 0.3 is 25.4 Å². The molecule has 0 aliphatic heterocycles. The van der Waals surface area contributed by atoms with Gasteiger partial charge in [0.15, 0.2) is 18.5 Å². The molecule has 0 amide bonds. The normalized spacial score (nSPS) is 17.4.